The highest BCUT2D eigenvalue weighted by Gasteiger charge is 2.43. The number of piperidine rings is 1. The number of benzene rings is 2. The molecular weight excluding hydrogens is 384 g/mol. The maximum Gasteiger partial charge on any atom is 0.161 e. The van der Waals surface area contributed by atoms with E-state index in [-0.39, 0.29) is 23.9 Å². The molecule has 162 valence electrons. The summed E-state index contributed by atoms with van der Waals surface area (Å²) in [7, 11) is 6.51. The molecule has 1 fully saturated rings. The van der Waals surface area contributed by atoms with E-state index >= 15 is 0 Å². The summed E-state index contributed by atoms with van der Waals surface area (Å²) in [5.74, 6) is 2.81. The Hall–Kier alpha value is -2.93. The number of hydrogen-bond acceptors (Lipinski definition) is 6. The average Bonchev–Trinajstić information content (AvgIpc) is 2.78. The van der Waals surface area contributed by atoms with Gasteiger partial charge in [0, 0.05) is 11.1 Å². The zero-order valence-corrected chi connectivity index (χ0v) is 18.4. The maximum atomic E-state index is 9.81. The van der Waals surface area contributed by atoms with E-state index in [0.29, 0.717) is 23.0 Å². The Kier molecular flexibility index (Phi) is 6.72. The van der Waals surface area contributed by atoms with E-state index < -0.39 is 0 Å². The van der Waals surface area contributed by atoms with Crippen LogP contribution in [0.1, 0.15) is 37.1 Å². The number of oxime groups is 1. The molecule has 3 N–H and O–H groups in total. The molecule has 0 radical (unpaired) electrons. The lowest BCUT2D eigenvalue weighted by atomic mass is 9.75. The van der Waals surface area contributed by atoms with Gasteiger partial charge in [-0.15, -0.1) is 0 Å². The van der Waals surface area contributed by atoms with E-state index in [9.17, 15) is 5.21 Å². The van der Waals surface area contributed by atoms with Gasteiger partial charge in [0.15, 0.2) is 23.0 Å². The molecule has 2 aromatic carbocycles. The molecule has 1 saturated heterocycles. The van der Waals surface area contributed by atoms with Gasteiger partial charge in [-0.1, -0.05) is 19.0 Å². The van der Waals surface area contributed by atoms with Crippen LogP contribution in [0.4, 0.5) is 0 Å². The van der Waals surface area contributed by atoms with Crippen molar-refractivity contribution < 1.29 is 29.5 Å². The van der Waals surface area contributed by atoms with Gasteiger partial charge in [-0.3, -0.25) is 0 Å². The van der Waals surface area contributed by atoms with Crippen molar-refractivity contribution in [2.24, 2.45) is 17.0 Å². The molecule has 1 aliphatic heterocycles. The fraction of sp³-hybridized carbons (Fsp3) is 0.435. The molecule has 0 aromatic heterocycles. The molecule has 30 heavy (non-hydrogen) atoms. The molecular formula is C23H31N2O5+. The van der Waals surface area contributed by atoms with Crippen molar-refractivity contribution in [3.63, 3.8) is 0 Å². The Morgan fingerprint density at radius 1 is 0.700 bits per heavy atom. The molecule has 7 heteroatoms. The van der Waals surface area contributed by atoms with Gasteiger partial charge in [-0.05, 0) is 36.4 Å². The minimum atomic E-state index is 0.0412. The third kappa shape index (κ3) is 3.89. The predicted octanol–water partition coefficient (Wildman–Crippen LogP) is 3.18. The number of nitrogens with two attached hydrogens (primary N) is 1. The number of rotatable bonds is 6. The fourth-order valence-electron chi connectivity index (χ4n) is 4.44. The fourth-order valence-corrected chi connectivity index (χ4v) is 4.44. The second-order valence-electron chi connectivity index (χ2n) is 7.58. The highest BCUT2D eigenvalue weighted by atomic mass is 16.5. The molecule has 4 atom stereocenters. The first-order chi connectivity index (χ1) is 14.5. The quantitative estimate of drug-likeness (QED) is 0.559. The second kappa shape index (κ2) is 9.26. The van der Waals surface area contributed by atoms with Crippen LogP contribution in [-0.2, 0) is 0 Å². The topological polar surface area (TPSA) is 86.1 Å². The SMILES string of the molecule is COc1ccc([C@H]2[NH2+][C@@H](c3ccc(OC)c(OC)c3)[C@H](C)C(=NO)[C@H]2C)cc1OC. The van der Waals surface area contributed by atoms with E-state index in [0.717, 1.165) is 16.8 Å². The van der Waals surface area contributed by atoms with Gasteiger partial charge < -0.3 is 29.5 Å². The molecule has 1 heterocycles. The Morgan fingerprint density at radius 2 is 1.10 bits per heavy atom. The number of hydrogen-bond donors (Lipinski definition) is 2. The summed E-state index contributed by atoms with van der Waals surface area (Å²) in [4.78, 5) is 0. The molecule has 0 unspecified atom stereocenters. The molecule has 3 rings (SSSR count). The standard InChI is InChI=1S/C23H30N2O5/c1-13-21(25-26)14(2)23(16-8-10-18(28-4)20(12-16)30-6)24-22(13)15-7-9-17(27-3)19(11-15)29-5/h7-14,22-24,26H,1-6H3/p+1/t13-,14-,22-,23+/m1/s1. The lowest BCUT2D eigenvalue weighted by Crippen LogP contribution is -2.91. The van der Waals surface area contributed by atoms with Crippen LogP contribution in [0.2, 0.25) is 0 Å². The van der Waals surface area contributed by atoms with E-state index in [2.05, 4.69) is 24.3 Å². The molecule has 2 aromatic rings. The molecule has 0 spiro atoms. The van der Waals surface area contributed by atoms with Crippen molar-refractivity contribution in [1.82, 2.24) is 0 Å². The van der Waals surface area contributed by atoms with Crippen LogP contribution in [0.15, 0.2) is 41.6 Å². The minimum Gasteiger partial charge on any atom is -0.493 e. The highest BCUT2D eigenvalue weighted by molar-refractivity contribution is 5.89. The van der Waals surface area contributed by atoms with Crippen molar-refractivity contribution in [1.29, 1.82) is 0 Å². The van der Waals surface area contributed by atoms with E-state index in [4.69, 9.17) is 18.9 Å². The van der Waals surface area contributed by atoms with E-state index in [1.807, 2.05) is 36.4 Å². The van der Waals surface area contributed by atoms with Crippen LogP contribution >= 0.6 is 0 Å². The Labute approximate surface area is 177 Å². The Morgan fingerprint density at radius 3 is 1.43 bits per heavy atom. The summed E-state index contributed by atoms with van der Waals surface area (Å²) in [5.41, 5.74) is 2.94. The number of quaternary nitrogens is 1. The van der Waals surface area contributed by atoms with E-state index in [1.165, 1.54) is 0 Å². The maximum absolute atomic E-state index is 9.81. The van der Waals surface area contributed by atoms with Crippen LogP contribution in [0.3, 0.4) is 0 Å². The van der Waals surface area contributed by atoms with Crippen molar-refractivity contribution in [3.05, 3.63) is 47.5 Å². The minimum absolute atomic E-state index is 0.0412. The van der Waals surface area contributed by atoms with Crippen LogP contribution in [0, 0.1) is 11.8 Å². The van der Waals surface area contributed by atoms with Crippen molar-refractivity contribution in [2.75, 3.05) is 28.4 Å². The van der Waals surface area contributed by atoms with Gasteiger partial charge in [-0.2, -0.15) is 0 Å². The summed E-state index contributed by atoms with van der Waals surface area (Å²) in [5, 5.41) is 15.8. The Balaban J connectivity index is 2.03. The third-order valence-electron chi connectivity index (χ3n) is 6.13. The Bertz CT molecular complexity index is 845. The van der Waals surface area contributed by atoms with Gasteiger partial charge in [0.1, 0.15) is 12.1 Å². The monoisotopic (exact) mass is 415 g/mol. The summed E-state index contributed by atoms with van der Waals surface area (Å²) in [6, 6.07) is 12.0. The van der Waals surface area contributed by atoms with Gasteiger partial charge in [0.25, 0.3) is 0 Å². The summed E-state index contributed by atoms with van der Waals surface area (Å²) < 4.78 is 21.7. The highest BCUT2D eigenvalue weighted by Crippen LogP contribution is 2.38. The lowest BCUT2D eigenvalue weighted by Gasteiger charge is -2.38. The van der Waals surface area contributed by atoms with Crippen LogP contribution in [0.5, 0.6) is 23.0 Å². The third-order valence-corrected chi connectivity index (χ3v) is 6.13. The smallest absolute Gasteiger partial charge is 0.161 e. The van der Waals surface area contributed by atoms with Crippen molar-refractivity contribution >= 4 is 5.71 Å². The number of nitrogens with zero attached hydrogens (tertiary/aromatic N) is 1. The average molecular weight is 416 g/mol. The van der Waals surface area contributed by atoms with Crippen LogP contribution < -0.4 is 24.3 Å². The van der Waals surface area contributed by atoms with Crippen LogP contribution in [0.25, 0.3) is 0 Å². The molecule has 0 amide bonds. The zero-order valence-electron chi connectivity index (χ0n) is 18.4. The first-order valence-corrected chi connectivity index (χ1v) is 9.99. The van der Waals surface area contributed by atoms with Gasteiger partial charge in [0.2, 0.25) is 0 Å². The molecule has 0 saturated carbocycles. The summed E-state index contributed by atoms with van der Waals surface area (Å²) in [6.07, 6.45) is 0. The second-order valence-corrected chi connectivity index (χ2v) is 7.58. The summed E-state index contributed by atoms with van der Waals surface area (Å²) >= 11 is 0. The predicted molar refractivity (Wildman–Crippen MR) is 114 cm³/mol. The molecule has 7 nitrogen and oxygen atoms in total. The van der Waals surface area contributed by atoms with Gasteiger partial charge in [0.05, 0.1) is 46.0 Å². The van der Waals surface area contributed by atoms with Crippen molar-refractivity contribution in [3.8, 4) is 23.0 Å². The first-order valence-electron chi connectivity index (χ1n) is 9.99. The van der Waals surface area contributed by atoms with Crippen molar-refractivity contribution in [2.45, 2.75) is 25.9 Å². The number of methoxy groups -OCH3 is 4. The van der Waals surface area contributed by atoms with E-state index in [1.54, 1.807) is 28.4 Å². The van der Waals surface area contributed by atoms with Crippen LogP contribution in [-0.4, -0.2) is 39.4 Å². The zero-order chi connectivity index (χ0) is 21.8. The first kappa shape index (κ1) is 21.8. The lowest BCUT2D eigenvalue weighted by molar-refractivity contribution is -0.747. The molecule has 0 bridgehead atoms. The largest absolute Gasteiger partial charge is 0.493 e. The molecule has 0 aliphatic carbocycles. The summed E-state index contributed by atoms with van der Waals surface area (Å²) in [6.45, 7) is 4.18. The molecule has 1 aliphatic rings. The van der Waals surface area contributed by atoms with Gasteiger partial charge in [-0.25, -0.2) is 0 Å². The van der Waals surface area contributed by atoms with Gasteiger partial charge >= 0.3 is 0 Å². The normalized spacial score (nSPS) is 25.1. The number of ether oxygens (including phenoxy) is 4.